The highest BCUT2D eigenvalue weighted by atomic mass is 16.2. The fraction of sp³-hybridized carbons (Fsp3) is 0.600. The number of amides is 2. The summed E-state index contributed by atoms with van der Waals surface area (Å²) in [6.07, 6.45) is 7.87. The van der Waals surface area contributed by atoms with Crippen LogP contribution in [0.4, 0.5) is 0 Å². The lowest BCUT2D eigenvalue weighted by Gasteiger charge is -2.32. The Morgan fingerprint density at radius 1 is 1.41 bits per heavy atom. The maximum atomic E-state index is 12.4. The Morgan fingerprint density at radius 3 is 3.05 bits per heavy atom. The highest BCUT2D eigenvalue weighted by molar-refractivity contribution is 5.94. The number of aromatic nitrogens is 2. The van der Waals surface area contributed by atoms with Gasteiger partial charge in [0.1, 0.15) is 5.82 Å². The van der Waals surface area contributed by atoms with Crippen LogP contribution >= 0.6 is 0 Å². The number of H-pyrrole nitrogens is 1. The van der Waals surface area contributed by atoms with E-state index in [-0.39, 0.29) is 11.8 Å². The van der Waals surface area contributed by atoms with E-state index in [1.54, 1.807) is 6.20 Å². The van der Waals surface area contributed by atoms with E-state index in [2.05, 4.69) is 20.5 Å². The Morgan fingerprint density at radius 2 is 2.32 bits per heavy atom. The first-order valence-corrected chi connectivity index (χ1v) is 7.83. The van der Waals surface area contributed by atoms with Crippen molar-refractivity contribution in [1.29, 1.82) is 0 Å². The lowest BCUT2D eigenvalue weighted by molar-refractivity contribution is -0.132. The predicted molar refractivity (Wildman–Crippen MR) is 81.2 cm³/mol. The van der Waals surface area contributed by atoms with Crippen LogP contribution in [0.5, 0.6) is 0 Å². The van der Waals surface area contributed by atoms with Gasteiger partial charge >= 0.3 is 0 Å². The van der Waals surface area contributed by atoms with Crippen LogP contribution in [0, 0.1) is 0 Å². The Labute approximate surface area is 129 Å². The SMILES string of the molecule is O=C1CCC(CCC(=O)N2CCCC(c3ncc[nH]3)C2)=NN1. The Hall–Kier alpha value is -2.18. The number of piperidine rings is 1. The molecule has 1 aromatic rings. The van der Waals surface area contributed by atoms with E-state index in [0.717, 1.165) is 37.5 Å². The third kappa shape index (κ3) is 3.52. The van der Waals surface area contributed by atoms with Crippen LogP contribution in [-0.2, 0) is 9.59 Å². The molecule has 3 rings (SSSR count). The largest absolute Gasteiger partial charge is 0.348 e. The average molecular weight is 303 g/mol. The van der Waals surface area contributed by atoms with Crippen LogP contribution < -0.4 is 5.43 Å². The number of rotatable bonds is 4. The molecule has 0 bridgehead atoms. The summed E-state index contributed by atoms with van der Waals surface area (Å²) in [4.78, 5) is 32.8. The van der Waals surface area contributed by atoms with Crippen molar-refractivity contribution in [3.8, 4) is 0 Å². The molecule has 2 N–H and O–H groups in total. The molecule has 2 aliphatic heterocycles. The van der Waals surface area contributed by atoms with Crippen LogP contribution in [0.15, 0.2) is 17.5 Å². The molecule has 0 spiro atoms. The average Bonchev–Trinajstić information content (AvgIpc) is 3.09. The van der Waals surface area contributed by atoms with Crippen LogP contribution in [0.3, 0.4) is 0 Å². The monoisotopic (exact) mass is 303 g/mol. The summed E-state index contributed by atoms with van der Waals surface area (Å²) in [5, 5.41) is 4.01. The standard InChI is InChI=1S/C15H21N5O2/c21-13-5-3-12(18-19-13)4-6-14(22)20-9-1-2-11(10-20)15-16-7-8-17-15/h7-8,11H,1-6,9-10H2,(H,16,17)(H,19,21). The van der Waals surface area contributed by atoms with Crippen LogP contribution in [-0.4, -0.2) is 45.5 Å². The van der Waals surface area contributed by atoms with Crippen molar-refractivity contribution in [1.82, 2.24) is 20.3 Å². The van der Waals surface area contributed by atoms with E-state index in [4.69, 9.17) is 0 Å². The molecule has 0 saturated carbocycles. The van der Waals surface area contributed by atoms with Crippen LogP contribution in [0.25, 0.3) is 0 Å². The number of carbonyl (C=O) groups excluding carboxylic acids is 2. The van der Waals surface area contributed by atoms with E-state index >= 15 is 0 Å². The van der Waals surface area contributed by atoms with Gasteiger partial charge in [0.15, 0.2) is 0 Å². The molecule has 1 saturated heterocycles. The fourth-order valence-electron chi connectivity index (χ4n) is 3.03. The highest BCUT2D eigenvalue weighted by Crippen LogP contribution is 2.24. The molecule has 1 atom stereocenters. The number of carbonyl (C=O) groups is 2. The van der Waals surface area contributed by atoms with E-state index in [1.165, 1.54) is 0 Å². The second kappa shape index (κ2) is 6.72. The Kier molecular flexibility index (Phi) is 4.50. The minimum Gasteiger partial charge on any atom is -0.348 e. The van der Waals surface area contributed by atoms with Crippen molar-refractivity contribution in [3.05, 3.63) is 18.2 Å². The number of hydrogen-bond donors (Lipinski definition) is 2. The minimum absolute atomic E-state index is 0.0487. The first kappa shape index (κ1) is 14.7. The van der Waals surface area contributed by atoms with Gasteiger partial charge in [-0.25, -0.2) is 10.4 Å². The number of nitrogens with zero attached hydrogens (tertiary/aromatic N) is 3. The summed E-state index contributed by atoms with van der Waals surface area (Å²) in [6.45, 7) is 1.55. The van der Waals surface area contributed by atoms with Gasteiger partial charge in [0, 0.05) is 50.0 Å². The highest BCUT2D eigenvalue weighted by Gasteiger charge is 2.26. The number of likely N-dealkylation sites (tertiary alicyclic amines) is 1. The number of nitrogens with one attached hydrogen (secondary N) is 2. The molecule has 2 amide bonds. The zero-order chi connectivity index (χ0) is 15.4. The molecule has 0 radical (unpaired) electrons. The second-order valence-corrected chi connectivity index (χ2v) is 5.87. The molecule has 1 fully saturated rings. The van der Waals surface area contributed by atoms with Crippen molar-refractivity contribution in [2.45, 2.75) is 44.4 Å². The van der Waals surface area contributed by atoms with Crippen molar-refractivity contribution < 1.29 is 9.59 Å². The van der Waals surface area contributed by atoms with Gasteiger partial charge in [-0.05, 0) is 25.7 Å². The molecule has 2 aliphatic rings. The molecule has 1 unspecified atom stereocenters. The van der Waals surface area contributed by atoms with Crippen LogP contribution in [0.2, 0.25) is 0 Å². The van der Waals surface area contributed by atoms with Crippen molar-refractivity contribution in [2.75, 3.05) is 13.1 Å². The number of hydrogen-bond acceptors (Lipinski definition) is 4. The third-order valence-electron chi connectivity index (χ3n) is 4.29. The van der Waals surface area contributed by atoms with Gasteiger partial charge in [-0.3, -0.25) is 9.59 Å². The van der Waals surface area contributed by atoms with Gasteiger partial charge in [0.25, 0.3) is 0 Å². The summed E-state index contributed by atoms with van der Waals surface area (Å²) in [6, 6.07) is 0. The van der Waals surface area contributed by atoms with E-state index in [1.807, 2.05) is 11.1 Å². The van der Waals surface area contributed by atoms with Gasteiger partial charge in [-0.2, -0.15) is 5.10 Å². The zero-order valence-electron chi connectivity index (χ0n) is 12.5. The van der Waals surface area contributed by atoms with Gasteiger partial charge < -0.3 is 9.88 Å². The van der Waals surface area contributed by atoms with Gasteiger partial charge in [-0.1, -0.05) is 0 Å². The topological polar surface area (TPSA) is 90.5 Å². The molecule has 7 heteroatoms. The normalized spacial score (nSPS) is 22.2. The maximum Gasteiger partial charge on any atom is 0.240 e. The number of hydrazone groups is 1. The fourth-order valence-corrected chi connectivity index (χ4v) is 3.03. The van der Waals surface area contributed by atoms with Gasteiger partial charge in [0.2, 0.25) is 11.8 Å². The summed E-state index contributed by atoms with van der Waals surface area (Å²) in [5.41, 5.74) is 3.38. The first-order valence-electron chi connectivity index (χ1n) is 7.83. The summed E-state index contributed by atoms with van der Waals surface area (Å²) in [7, 11) is 0. The molecule has 118 valence electrons. The van der Waals surface area contributed by atoms with Crippen molar-refractivity contribution in [2.24, 2.45) is 5.10 Å². The van der Waals surface area contributed by atoms with Crippen LogP contribution in [0.1, 0.15) is 50.3 Å². The Balaban J connectivity index is 1.50. The molecular weight excluding hydrogens is 282 g/mol. The van der Waals surface area contributed by atoms with Crippen molar-refractivity contribution in [3.63, 3.8) is 0 Å². The lowest BCUT2D eigenvalue weighted by atomic mass is 9.96. The third-order valence-corrected chi connectivity index (χ3v) is 4.29. The van der Waals surface area contributed by atoms with Gasteiger partial charge in [-0.15, -0.1) is 0 Å². The summed E-state index contributed by atoms with van der Waals surface area (Å²) in [5.74, 6) is 1.39. The van der Waals surface area contributed by atoms with E-state index < -0.39 is 0 Å². The summed E-state index contributed by atoms with van der Waals surface area (Å²) < 4.78 is 0. The molecule has 3 heterocycles. The molecular formula is C15H21N5O2. The van der Waals surface area contributed by atoms with Gasteiger partial charge in [0.05, 0.1) is 0 Å². The lowest BCUT2D eigenvalue weighted by Crippen LogP contribution is -2.39. The first-order chi connectivity index (χ1) is 10.7. The van der Waals surface area contributed by atoms with E-state index in [9.17, 15) is 9.59 Å². The smallest absolute Gasteiger partial charge is 0.240 e. The Bertz CT molecular complexity index is 566. The number of imidazole rings is 1. The van der Waals surface area contributed by atoms with E-state index in [0.29, 0.717) is 31.6 Å². The molecule has 1 aromatic heterocycles. The maximum absolute atomic E-state index is 12.4. The molecule has 0 aliphatic carbocycles. The zero-order valence-corrected chi connectivity index (χ0v) is 12.5. The predicted octanol–water partition coefficient (Wildman–Crippen LogP) is 1.16. The molecule has 22 heavy (non-hydrogen) atoms. The number of aromatic amines is 1. The minimum atomic E-state index is -0.0487. The molecule has 0 aromatic carbocycles. The summed E-state index contributed by atoms with van der Waals surface area (Å²) >= 11 is 0. The second-order valence-electron chi connectivity index (χ2n) is 5.87. The quantitative estimate of drug-likeness (QED) is 0.874. The molecule has 7 nitrogen and oxygen atoms in total. The van der Waals surface area contributed by atoms with Crippen molar-refractivity contribution >= 4 is 17.5 Å².